The number of halogens is 4. The predicted molar refractivity (Wildman–Crippen MR) is 72.3 cm³/mol. The number of carboxylic acids is 1. The minimum absolute atomic E-state index is 0.122. The van der Waals surface area contributed by atoms with Crippen LogP contribution in [0.5, 0.6) is 0 Å². The van der Waals surface area contributed by atoms with Gasteiger partial charge in [0.1, 0.15) is 6.04 Å². The third-order valence-electron chi connectivity index (χ3n) is 3.82. The third-order valence-corrected chi connectivity index (χ3v) is 3.82. The summed E-state index contributed by atoms with van der Waals surface area (Å²) in [6.07, 6.45) is -5.30. The fraction of sp³-hybridized carbons (Fsp3) is 0.467. The second-order valence-electron chi connectivity index (χ2n) is 5.36. The van der Waals surface area contributed by atoms with Gasteiger partial charge in [-0.05, 0) is 37.0 Å². The molecule has 1 aromatic rings. The van der Waals surface area contributed by atoms with E-state index in [1.54, 1.807) is 0 Å². The van der Waals surface area contributed by atoms with Gasteiger partial charge in [0.2, 0.25) is 6.17 Å². The SMILES string of the molecule is O=C(O)[C@H]1CCCCN1C(=O)C(F)c1ccc(C(F)(F)F)cc1. The molecule has 1 aliphatic rings. The van der Waals surface area contributed by atoms with Gasteiger partial charge in [-0.1, -0.05) is 12.1 Å². The highest BCUT2D eigenvalue weighted by atomic mass is 19.4. The molecule has 1 amide bonds. The molecule has 0 bridgehead atoms. The highest BCUT2D eigenvalue weighted by molar-refractivity contribution is 5.87. The number of amides is 1. The Balaban J connectivity index is 2.17. The van der Waals surface area contributed by atoms with Crippen molar-refractivity contribution in [1.29, 1.82) is 0 Å². The van der Waals surface area contributed by atoms with Gasteiger partial charge in [-0.15, -0.1) is 0 Å². The molecule has 23 heavy (non-hydrogen) atoms. The molecule has 1 heterocycles. The average molecular weight is 333 g/mol. The Bertz CT molecular complexity index is 585. The molecule has 0 aliphatic carbocycles. The Kier molecular flexibility index (Phi) is 4.91. The van der Waals surface area contributed by atoms with Crippen LogP contribution in [0.4, 0.5) is 17.6 Å². The normalized spacial score (nSPS) is 20.2. The first kappa shape index (κ1) is 17.2. The third kappa shape index (κ3) is 3.80. The molecule has 0 aromatic heterocycles. The number of carbonyl (C=O) groups excluding carboxylic acids is 1. The number of aliphatic carboxylic acids is 1. The van der Waals surface area contributed by atoms with E-state index in [4.69, 9.17) is 5.11 Å². The molecule has 1 aromatic carbocycles. The van der Waals surface area contributed by atoms with Crippen LogP contribution in [0.25, 0.3) is 0 Å². The number of likely N-dealkylation sites (tertiary alicyclic amines) is 1. The summed E-state index contributed by atoms with van der Waals surface area (Å²) in [5, 5.41) is 9.09. The van der Waals surface area contributed by atoms with E-state index in [9.17, 15) is 27.2 Å². The zero-order valence-corrected chi connectivity index (χ0v) is 12.0. The van der Waals surface area contributed by atoms with Gasteiger partial charge in [0.15, 0.2) is 0 Å². The van der Waals surface area contributed by atoms with Crippen molar-refractivity contribution in [2.45, 2.75) is 37.7 Å². The van der Waals surface area contributed by atoms with E-state index in [1.807, 2.05) is 0 Å². The van der Waals surface area contributed by atoms with E-state index in [2.05, 4.69) is 0 Å². The maximum atomic E-state index is 14.3. The van der Waals surface area contributed by atoms with E-state index in [1.165, 1.54) is 0 Å². The largest absolute Gasteiger partial charge is 0.480 e. The number of piperidine rings is 1. The molecular formula is C15H15F4NO3. The van der Waals surface area contributed by atoms with Crippen LogP contribution in [0.2, 0.25) is 0 Å². The molecule has 2 atom stereocenters. The Morgan fingerprint density at radius 1 is 1.17 bits per heavy atom. The number of carbonyl (C=O) groups is 2. The molecule has 1 unspecified atom stereocenters. The van der Waals surface area contributed by atoms with Gasteiger partial charge >= 0.3 is 12.1 Å². The molecular weight excluding hydrogens is 318 g/mol. The van der Waals surface area contributed by atoms with Crippen molar-refractivity contribution in [3.05, 3.63) is 35.4 Å². The van der Waals surface area contributed by atoms with E-state index >= 15 is 0 Å². The van der Waals surface area contributed by atoms with Crippen molar-refractivity contribution in [1.82, 2.24) is 4.90 Å². The summed E-state index contributed by atoms with van der Waals surface area (Å²) >= 11 is 0. The van der Waals surface area contributed by atoms with E-state index in [0.717, 1.165) is 17.0 Å². The highest BCUT2D eigenvalue weighted by Gasteiger charge is 2.36. The van der Waals surface area contributed by atoms with Crippen LogP contribution < -0.4 is 0 Å². The average Bonchev–Trinajstić information content (AvgIpc) is 2.52. The summed E-state index contributed by atoms with van der Waals surface area (Å²) in [5.74, 6) is -2.24. The molecule has 1 saturated heterocycles. The first-order valence-electron chi connectivity index (χ1n) is 7.06. The molecule has 0 radical (unpaired) electrons. The Morgan fingerprint density at radius 2 is 1.78 bits per heavy atom. The zero-order chi connectivity index (χ0) is 17.2. The molecule has 4 nitrogen and oxygen atoms in total. The second kappa shape index (κ2) is 6.55. The molecule has 1 N–H and O–H groups in total. The minimum Gasteiger partial charge on any atom is -0.480 e. The number of benzene rings is 1. The molecule has 0 saturated carbocycles. The van der Waals surface area contributed by atoms with Gasteiger partial charge in [-0.2, -0.15) is 13.2 Å². The molecule has 1 fully saturated rings. The van der Waals surface area contributed by atoms with Crippen molar-refractivity contribution in [2.24, 2.45) is 0 Å². The topological polar surface area (TPSA) is 57.6 Å². The lowest BCUT2D eigenvalue weighted by Crippen LogP contribution is -2.49. The van der Waals surface area contributed by atoms with Crippen molar-refractivity contribution in [3.8, 4) is 0 Å². The van der Waals surface area contributed by atoms with Crippen LogP contribution >= 0.6 is 0 Å². The number of carboxylic acid groups (broad SMARTS) is 1. The van der Waals surface area contributed by atoms with Crippen LogP contribution in [0.1, 0.15) is 36.6 Å². The quantitative estimate of drug-likeness (QED) is 0.865. The van der Waals surface area contributed by atoms with Crippen LogP contribution in [-0.4, -0.2) is 34.5 Å². The summed E-state index contributed by atoms with van der Waals surface area (Å²) < 4.78 is 51.7. The summed E-state index contributed by atoms with van der Waals surface area (Å²) in [6, 6.07) is 2.08. The first-order valence-corrected chi connectivity index (χ1v) is 7.06. The van der Waals surface area contributed by atoms with Crippen molar-refractivity contribution in [2.75, 3.05) is 6.54 Å². The Hall–Kier alpha value is -2.12. The second-order valence-corrected chi connectivity index (χ2v) is 5.36. The van der Waals surface area contributed by atoms with Gasteiger partial charge in [0.05, 0.1) is 5.56 Å². The van der Waals surface area contributed by atoms with E-state index in [-0.39, 0.29) is 18.5 Å². The molecule has 2 rings (SSSR count). The van der Waals surface area contributed by atoms with Gasteiger partial charge in [0, 0.05) is 6.54 Å². The van der Waals surface area contributed by atoms with E-state index in [0.29, 0.717) is 25.0 Å². The fourth-order valence-corrected chi connectivity index (χ4v) is 2.58. The van der Waals surface area contributed by atoms with Gasteiger partial charge < -0.3 is 10.0 Å². The number of hydrogen-bond donors (Lipinski definition) is 1. The number of alkyl halides is 4. The Labute approximate surface area is 129 Å². The monoisotopic (exact) mass is 333 g/mol. The fourth-order valence-electron chi connectivity index (χ4n) is 2.58. The first-order chi connectivity index (χ1) is 10.7. The van der Waals surface area contributed by atoms with Crippen molar-refractivity contribution in [3.63, 3.8) is 0 Å². The van der Waals surface area contributed by atoms with Crippen LogP contribution in [0.3, 0.4) is 0 Å². The lowest BCUT2D eigenvalue weighted by atomic mass is 10.00. The van der Waals surface area contributed by atoms with Crippen LogP contribution in [0, 0.1) is 0 Å². The molecule has 0 spiro atoms. The Morgan fingerprint density at radius 3 is 2.30 bits per heavy atom. The lowest BCUT2D eigenvalue weighted by Gasteiger charge is -2.33. The number of nitrogens with zero attached hydrogens (tertiary/aromatic N) is 1. The number of hydrogen-bond acceptors (Lipinski definition) is 2. The summed E-state index contributed by atoms with van der Waals surface area (Å²) in [6.45, 7) is 0.122. The maximum Gasteiger partial charge on any atom is 0.416 e. The van der Waals surface area contributed by atoms with Crippen molar-refractivity contribution < 1.29 is 32.3 Å². The lowest BCUT2D eigenvalue weighted by molar-refractivity contribution is -0.154. The molecule has 1 aliphatic heterocycles. The predicted octanol–water partition coefficient (Wildman–Crippen LogP) is 3.18. The van der Waals surface area contributed by atoms with Gasteiger partial charge in [-0.3, -0.25) is 4.79 Å². The van der Waals surface area contributed by atoms with Crippen LogP contribution in [-0.2, 0) is 15.8 Å². The van der Waals surface area contributed by atoms with Crippen LogP contribution in [0.15, 0.2) is 24.3 Å². The summed E-state index contributed by atoms with van der Waals surface area (Å²) in [5.41, 5.74) is -1.17. The maximum absolute atomic E-state index is 14.3. The summed E-state index contributed by atoms with van der Waals surface area (Å²) in [4.78, 5) is 24.3. The molecule has 8 heteroatoms. The van der Waals surface area contributed by atoms with Gasteiger partial charge in [-0.25, -0.2) is 9.18 Å². The minimum atomic E-state index is -4.55. The molecule has 126 valence electrons. The van der Waals surface area contributed by atoms with E-state index < -0.39 is 35.8 Å². The van der Waals surface area contributed by atoms with Gasteiger partial charge in [0.25, 0.3) is 5.91 Å². The van der Waals surface area contributed by atoms with Crippen molar-refractivity contribution >= 4 is 11.9 Å². The zero-order valence-electron chi connectivity index (χ0n) is 12.0. The number of rotatable bonds is 3. The standard InChI is InChI=1S/C15H15F4NO3/c16-12(9-4-6-10(7-5-9)15(17,18)19)13(21)20-8-2-1-3-11(20)14(22)23/h4-7,11-12H,1-3,8H2,(H,22,23)/t11-,12?/m1/s1. The highest BCUT2D eigenvalue weighted by Crippen LogP contribution is 2.31. The smallest absolute Gasteiger partial charge is 0.416 e. The summed E-state index contributed by atoms with van der Waals surface area (Å²) in [7, 11) is 0.